The van der Waals surface area contributed by atoms with E-state index in [9.17, 15) is 0 Å². The third-order valence-electron chi connectivity index (χ3n) is 0.634. The van der Waals surface area contributed by atoms with Gasteiger partial charge in [-0.1, -0.05) is 13.3 Å². The van der Waals surface area contributed by atoms with Crippen LogP contribution in [0.5, 0.6) is 0 Å². The van der Waals surface area contributed by atoms with E-state index in [1.807, 2.05) is 0 Å². The Bertz CT molecular complexity index is 28.9. The quantitative estimate of drug-likeness (QED) is 0.201. The van der Waals surface area contributed by atoms with Crippen LogP contribution in [0.15, 0.2) is 0 Å². The largest absolute Gasteiger partial charge is 0.225 e. The van der Waals surface area contributed by atoms with Gasteiger partial charge < -0.3 is 0 Å². The van der Waals surface area contributed by atoms with E-state index in [1.54, 1.807) is 0 Å². The minimum Gasteiger partial charge on any atom is -0.225 e. The Labute approximate surface area is 49.4 Å². The topological polar surface area (TPSA) is 18.5 Å². The van der Waals surface area contributed by atoms with E-state index in [4.69, 9.17) is 0 Å². The summed E-state index contributed by atoms with van der Waals surface area (Å²) in [6, 6.07) is 0. The summed E-state index contributed by atoms with van der Waals surface area (Å²) < 4.78 is 4.04. The molecule has 0 aromatic heterocycles. The van der Waals surface area contributed by atoms with Crippen LogP contribution in [-0.4, -0.2) is 6.61 Å². The first-order valence-corrected chi connectivity index (χ1v) is 2.71. The van der Waals surface area contributed by atoms with Gasteiger partial charge in [-0.05, 0) is 6.42 Å². The van der Waals surface area contributed by atoms with Gasteiger partial charge in [-0.2, -0.15) is 4.33 Å². The lowest BCUT2D eigenvalue weighted by Crippen LogP contribution is -1.87. The van der Waals surface area contributed by atoms with Crippen LogP contribution in [0.25, 0.3) is 0 Å². The van der Waals surface area contributed by atoms with Crippen LogP contribution in [0.4, 0.5) is 0 Å². The summed E-state index contributed by atoms with van der Waals surface area (Å²) in [5, 5.41) is 0. The molecule has 44 valence electrons. The molecule has 0 spiro atoms. The van der Waals surface area contributed by atoms with Crippen LogP contribution in [0.3, 0.4) is 0 Å². The molecule has 0 aliphatic carbocycles. The number of rotatable bonds is 4. The summed E-state index contributed by atoms with van der Waals surface area (Å²) in [7, 11) is 0. The Morgan fingerprint density at radius 3 is 2.71 bits per heavy atom. The molecule has 0 aliphatic rings. The van der Waals surface area contributed by atoms with E-state index < -0.39 is 0 Å². The van der Waals surface area contributed by atoms with Crippen molar-refractivity contribution in [2.75, 3.05) is 6.61 Å². The van der Waals surface area contributed by atoms with Crippen molar-refractivity contribution in [1.29, 1.82) is 0 Å². The Balaban J connectivity index is 2.45. The summed E-state index contributed by atoms with van der Waals surface area (Å²) >= 11 is 3.37. The van der Waals surface area contributed by atoms with Crippen molar-refractivity contribution in [3.63, 3.8) is 0 Å². The van der Waals surface area contributed by atoms with Crippen LogP contribution in [0, 0.1) is 0 Å². The fourth-order valence-corrected chi connectivity index (χ4v) is 0.315. The van der Waals surface area contributed by atoms with Crippen LogP contribution in [0.2, 0.25) is 0 Å². The van der Waals surface area contributed by atoms with Gasteiger partial charge in [-0.3, -0.25) is 0 Å². The molecule has 0 radical (unpaired) electrons. The molecule has 2 nitrogen and oxygen atoms in total. The zero-order valence-corrected chi connectivity index (χ0v) is 5.28. The highest BCUT2D eigenvalue weighted by Crippen LogP contribution is 1.88. The molecular formula is C4H10O2S. The molecule has 0 N–H and O–H groups in total. The second kappa shape index (κ2) is 6.27. The van der Waals surface area contributed by atoms with Crippen molar-refractivity contribution in [1.82, 2.24) is 0 Å². The van der Waals surface area contributed by atoms with Crippen molar-refractivity contribution in [2.24, 2.45) is 0 Å². The van der Waals surface area contributed by atoms with Gasteiger partial charge in [0, 0.05) is 12.9 Å². The van der Waals surface area contributed by atoms with Crippen LogP contribution in [-0.2, 0) is 9.22 Å². The molecule has 3 heteroatoms. The zero-order chi connectivity index (χ0) is 5.54. The second-order valence-electron chi connectivity index (χ2n) is 1.25. The normalized spacial score (nSPS) is 9.43. The van der Waals surface area contributed by atoms with E-state index in [-0.39, 0.29) is 0 Å². The fourth-order valence-electron chi connectivity index (χ4n) is 0.241. The molecule has 0 saturated carbocycles. The van der Waals surface area contributed by atoms with Gasteiger partial charge in [-0.25, -0.2) is 4.89 Å². The lowest BCUT2D eigenvalue weighted by atomic mass is 10.4. The zero-order valence-electron chi connectivity index (χ0n) is 4.39. The van der Waals surface area contributed by atoms with Crippen LogP contribution < -0.4 is 0 Å². The maximum absolute atomic E-state index is 4.44. The minimum atomic E-state index is 0.639. The lowest BCUT2D eigenvalue weighted by Gasteiger charge is -1.92. The van der Waals surface area contributed by atoms with E-state index in [0.717, 1.165) is 12.8 Å². The SMILES string of the molecule is CCCCOOS. The average molecular weight is 122 g/mol. The van der Waals surface area contributed by atoms with E-state index >= 15 is 0 Å². The Morgan fingerprint density at radius 2 is 2.29 bits per heavy atom. The van der Waals surface area contributed by atoms with Crippen LogP contribution in [0.1, 0.15) is 19.8 Å². The van der Waals surface area contributed by atoms with Gasteiger partial charge in [0.05, 0.1) is 6.61 Å². The summed E-state index contributed by atoms with van der Waals surface area (Å²) in [6.45, 7) is 2.72. The number of hydrogen-bond acceptors (Lipinski definition) is 3. The fraction of sp³-hybridized carbons (Fsp3) is 1.00. The van der Waals surface area contributed by atoms with E-state index in [2.05, 4.69) is 29.1 Å². The summed E-state index contributed by atoms with van der Waals surface area (Å²) in [6.07, 6.45) is 2.15. The number of thiol groups is 1. The van der Waals surface area contributed by atoms with Crippen molar-refractivity contribution >= 4 is 12.9 Å². The minimum absolute atomic E-state index is 0.639. The first-order chi connectivity index (χ1) is 3.41. The summed E-state index contributed by atoms with van der Waals surface area (Å²) in [5.41, 5.74) is 0. The molecular weight excluding hydrogens is 112 g/mol. The highest BCUT2D eigenvalue weighted by Gasteiger charge is 1.80. The monoisotopic (exact) mass is 122 g/mol. The van der Waals surface area contributed by atoms with Crippen molar-refractivity contribution in [2.45, 2.75) is 19.8 Å². The highest BCUT2D eigenvalue weighted by molar-refractivity contribution is 7.74. The van der Waals surface area contributed by atoms with Crippen molar-refractivity contribution < 1.29 is 9.22 Å². The predicted octanol–water partition coefficient (Wildman–Crippen LogP) is 1.58. The molecule has 0 unspecified atom stereocenters. The molecule has 0 aromatic rings. The third-order valence-corrected chi connectivity index (χ3v) is 0.739. The molecule has 0 fully saturated rings. The van der Waals surface area contributed by atoms with E-state index in [0.29, 0.717) is 6.61 Å². The number of unbranched alkanes of at least 4 members (excludes halogenated alkanes) is 1. The van der Waals surface area contributed by atoms with Gasteiger partial charge in [0.2, 0.25) is 0 Å². The van der Waals surface area contributed by atoms with E-state index in [1.165, 1.54) is 0 Å². The van der Waals surface area contributed by atoms with Gasteiger partial charge >= 0.3 is 0 Å². The Kier molecular flexibility index (Phi) is 6.51. The van der Waals surface area contributed by atoms with Gasteiger partial charge in [-0.15, -0.1) is 0 Å². The van der Waals surface area contributed by atoms with Crippen molar-refractivity contribution in [3.05, 3.63) is 0 Å². The highest BCUT2D eigenvalue weighted by atomic mass is 32.1. The molecule has 0 bridgehead atoms. The van der Waals surface area contributed by atoms with Gasteiger partial charge in [0.1, 0.15) is 0 Å². The molecule has 0 aromatic carbocycles. The molecule has 0 amide bonds. The Morgan fingerprint density at radius 1 is 1.57 bits per heavy atom. The molecule has 0 heterocycles. The summed E-state index contributed by atoms with van der Waals surface area (Å²) in [4.78, 5) is 4.44. The molecule has 0 saturated heterocycles. The third kappa shape index (κ3) is 6.27. The smallest absolute Gasteiger partial charge is 0.0834 e. The second-order valence-corrected chi connectivity index (χ2v) is 1.40. The molecule has 7 heavy (non-hydrogen) atoms. The Hall–Kier alpha value is 0.270. The van der Waals surface area contributed by atoms with Crippen LogP contribution >= 0.6 is 12.9 Å². The first-order valence-electron chi connectivity index (χ1n) is 2.35. The summed E-state index contributed by atoms with van der Waals surface area (Å²) in [5.74, 6) is 0. The van der Waals surface area contributed by atoms with Gasteiger partial charge in [0.25, 0.3) is 0 Å². The maximum Gasteiger partial charge on any atom is 0.0834 e. The molecule has 0 atom stereocenters. The maximum atomic E-state index is 4.44. The average Bonchev–Trinajstić information content (AvgIpc) is 1.69. The van der Waals surface area contributed by atoms with Crippen molar-refractivity contribution in [3.8, 4) is 0 Å². The molecule has 0 aliphatic heterocycles. The standard InChI is InChI=1S/C4H10O2S/c1-2-3-4-5-6-7/h7H,2-4H2,1H3. The predicted molar refractivity (Wildman–Crippen MR) is 30.9 cm³/mol. The van der Waals surface area contributed by atoms with Gasteiger partial charge in [0.15, 0.2) is 0 Å². The first kappa shape index (κ1) is 7.27. The number of hydrogen-bond donors (Lipinski definition) is 1. The molecule has 0 rings (SSSR count). The lowest BCUT2D eigenvalue weighted by molar-refractivity contribution is -0.188.